The molecular weight excluding hydrogens is 279 g/mol. The van der Waals surface area contributed by atoms with E-state index in [1.807, 2.05) is 0 Å². The number of nitrogens with two attached hydrogens (primary N) is 2. The molecule has 0 aliphatic heterocycles. The van der Waals surface area contributed by atoms with Gasteiger partial charge in [0.25, 0.3) is 0 Å². The summed E-state index contributed by atoms with van der Waals surface area (Å²) in [5.74, 6) is 0. The van der Waals surface area contributed by atoms with E-state index in [1.165, 1.54) is 6.20 Å². The molecule has 4 N–H and O–H groups in total. The van der Waals surface area contributed by atoms with Crippen LogP contribution in [0.15, 0.2) is 21.9 Å². The van der Waals surface area contributed by atoms with Crippen LogP contribution in [0, 0.1) is 0 Å². The quantitative estimate of drug-likeness (QED) is 0.646. The SMILES string of the molecule is CN=C/C(=C\N)c1nc(Br)c(N)cc1Cl. The van der Waals surface area contributed by atoms with Gasteiger partial charge >= 0.3 is 0 Å². The molecule has 0 aliphatic carbocycles. The lowest BCUT2D eigenvalue weighted by atomic mass is 10.2. The van der Waals surface area contributed by atoms with Gasteiger partial charge in [-0.3, -0.25) is 4.99 Å². The lowest BCUT2D eigenvalue weighted by Gasteiger charge is -2.06. The second-order valence-electron chi connectivity index (χ2n) is 2.71. The number of aromatic nitrogens is 1. The normalized spacial score (nSPS) is 12.3. The minimum Gasteiger partial charge on any atom is -0.404 e. The van der Waals surface area contributed by atoms with Crippen LogP contribution in [0.25, 0.3) is 5.57 Å². The van der Waals surface area contributed by atoms with Crippen molar-refractivity contribution in [1.29, 1.82) is 0 Å². The molecule has 1 rings (SSSR count). The number of aliphatic imine (C=N–C) groups is 1. The average Bonchev–Trinajstić information content (AvgIpc) is 2.20. The van der Waals surface area contributed by atoms with Crippen LogP contribution in [0.4, 0.5) is 5.69 Å². The predicted molar refractivity (Wildman–Crippen MR) is 67.9 cm³/mol. The Hall–Kier alpha value is -1.07. The second-order valence-corrected chi connectivity index (χ2v) is 3.87. The smallest absolute Gasteiger partial charge is 0.129 e. The monoisotopic (exact) mass is 288 g/mol. The van der Waals surface area contributed by atoms with E-state index in [2.05, 4.69) is 25.9 Å². The zero-order chi connectivity index (χ0) is 11.4. The van der Waals surface area contributed by atoms with Crippen molar-refractivity contribution in [3.63, 3.8) is 0 Å². The van der Waals surface area contributed by atoms with Gasteiger partial charge in [-0.1, -0.05) is 11.6 Å². The molecule has 0 amide bonds. The first-order chi connectivity index (χ1) is 7.10. The molecule has 1 aromatic heterocycles. The molecule has 0 unspecified atom stereocenters. The molecule has 0 fully saturated rings. The van der Waals surface area contributed by atoms with Crippen LogP contribution >= 0.6 is 27.5 Å². The number of rotatable bonds is 2. The van der Waals surface area contributed by atoms with Crippen LogP contribution in [0.5, 0.6) is 0 Å². The Morgan fingerprint density at radius 2 is 2.33 bits per heavy atom. The third kappa shape index (κ3) is 2.70. The summed E-state index contributed by atoms with van der Waals surface area (Å²) in [5, 5.41) is 0.437. The average molecular weight is 290 g/mol. The van der Waals surface area contributed by atoms with E-state index in [-0.39, 0.29) is 0 Å². The van der Waals surface area contributed by atoms with Gasteiger partial charge in [-0.2, -0.15) is 0 Å². The molecule has 0 atom stereocenters. The molecule has 80 valence electrons. The summed E-state index contributed by atoms with van der Waals surface area (Å²) in [4.78, 5) is 8.04. The highest BCUT2D eigenvalue weighted by Gasteiger charge is 2.09. The highest BCUT2D eigenvalue weighted by molar-refractivity contribution is 9.10. The molecular formula is C9H10BrClN4. The second kappa shape index (κ2) is 5.14. The van der Waals surface area contributed by atoms with Crippen molar-refractivity contribution in [2.24, 2.45) is 10.7 Å². The Kier molecular flexibility index (Phi) is 4.11. The molecule has 0 saturated heterocycles. The molecule has 0 spiro atoms. The van der Waals surface area contributed by atoms with Crippen molar-refractivity contribution in [2.75, 3.05) is 12.8 Å². The lowest BCUT2D eigenvalue weighted by Crippen LogP contribution is -1.99. The molecule has 0 bridgehead atoms. The van der Waals surface area contributed by atoms with Crippen molar-refractivity contribution in [3.05, 3.63) is 27.6 Å². The summed E-state index contributed by atoms with van der Waals surface area (Å²) in [6.07, 6.45) is 2.97. The summed E-state index contributed by atoms with van der Waals surface area (Å²) in [6, 6.07) is 1.61. The fraction of sp³-hybridized carbons (Fsp3) is 0.111. The molecule has 0 aromatic carbocycles. The first-order valence-electron chi connectivity index (χ1n) is 4.06. The van der Waals surface area contributed by atoms with Gasteiger partial charge in [0.2, 0.25) is 0 Å². The Morgan fingerprint density at radius 3 is 2.87 bits per heavy atom. The van der Waals surface area contributed by atoms with E-state index in [0.717, 1.165) is 0 Å². The van der Waals surface area contributed by atoms with Crippen molar-refractivity contribution >= 4 is 45.0 Å². The Labute approximate surface area is 101 Å². The number of nitrogens with zero attached hydrogens (tertiary/aromatic N) is 2. The fourth-order valence-corrected chi connectivity index (χ4v) is 1.57. The summed E-state index contributed by atoms with van der Waals surface area (Å²) in [6.45, 7) is 0. The van der Waals surface area contributed by atoms with Crippen LogP contribution in [-0.4, -0.2) is 18.2 Å². The van der Waals surface area contributed by atoms with E-state index in [0.29, 0.717) is 26.6 Å². The highest BCUT2D eigenvalue weighted by Crippen LogP contribution is 2.27. The maximum Gasteiger partial charge on any atom is 0.129 e. The van der Waals surface area contributed by atoms with E-state index in [1.54, 1.807) is 19.3 Å². The van der Waals surface area contributed by atoms with E-state index < -0.39 is 0 Å². The zero-order valence-corrected chi connectivity index (χ0v) is 10.4. The maximum atomic E-state index is 5.99. The molecule has 0 aliphatic rings. The molecule has 15 heavy (non-hydrogen) atoms. The van der Waals surface area contributed by atoms with Gasteiger partial charge in [0, 0.05) is 25.0 Å². The zero-order valence-electron chi connectivity index (χ0n) is 8.04. The molecule has 1 aromatic rings. The van der Waals surface area contributed by atoms with Gasteiger partial charge < -0.3 is 11.5 Å². The summed E-state index contributed by atoms with van der Waals surface area (Å²) in [7, 11) is 1.64. The topological polar surface area (TPSA) is 77.3 Å². The Balaban J connectivity index is 3.31. The number of anilines is 1. The number of allylic oxidation sites excluding steroid dienone is 1. The number of hydrogen-bond donors (Lipinski definition) is 2. The van der Waals surface area contributed by atoms with Gasteiger partial charge in [-0.05, 0) is 22.0 Å². The largest absolute Gasteiger partial charge is 0.404 e. The van der Waals surface area contributed by atoms with E-state index in [9.17, 15) is 0 Å². The van der Waals surface area contributed by atoms with Gasteiger partial charge in [0.15, 0.2) is 0 Å². The maximum absolute atomic E-state index is 5.99. The number of nitrogen functional groups attached to an aromatic ring is 1. The minimum atomic E-state index is 0.437. The first-order valence-corrected chi connectivity index (χ1v) is 5.23. The molecule has 0 radical (unpaired) electrons. The van der Waals surface area contributed by atoms with Crippen molar-refractivity contribution in [2.45, 2.75) is 0 Å². The van der Waals surface area contributed by atoms with Crippen LogP contribution in [0.1, 0.15) is 5.69 Å². The minimum absolute atomic E-state index is 0.437. The van der Waals surface area contributed by atoms with Gasteiger partial charge in [-0.15, -0.1) is 0 Å². The van der Waals surface area contributed by atoms with Gasteiger partial charge in [0.1, 0.15) is 4.60 Å². The predicted octanol–water partition coefficient (Wildman–Crippen LogP) is 2.08. The standard InChI is InChI=1S/C9H10BrClN4/c1-14-4-5(3-12)8-6(11)2-7(13)9(10)15-8/h2-4H,12-13H2,1H3/b5-3+,14-4?. The third-order valence-electron chi connectivity index (χ3n) is 1.68. The van der Waals surface area contributed by atoms with E-state index in [4.69, 9.17) is 23.1 Å². The molecule has 0 saturated carbocycles. The Bertz CT molecular complexity index is 428. The van der Waals surface area contributed by atoms with Crippen LogP contribution in [0.2, 0.25) is 5.02 Å². The van der Waals surface area contributed by atoms with Crippen molar-refractivity contribution < 1.29 is 0 Å². The van der Waals surface area contributed by atoms with Crippen LogP contribution in [0.3, 0.4) is 0 Å². The number of halogens is 2. The summed E-state index contributed by atoms with van der Waals surface area (Å²) >= 11 is 9.21. The van der Waals surface area contributed by atoms with Crippen LogP contribution < -0.4 is 11.5 Å². The molecule has 6 heteroatoms. The third-order valence-corrected chi connectivity index (χ3v) is 2.60. The van der Waals surface area contributed by atoms with Crippen molar-refractivity contribution in [1.82, 2.24) is 4.98 Å². The summed E-state index contributed by atoms with van der Waals surface area (Å²) in [5.41, 5.74) is 12.7. The van der Waals surface area contributed by atoms with Gasteiger partial charge in [0.05, 0.1) is 16.4 Å². The number of hydrogen-bond acceptors (Lipinski definition) is 4. The highest BCUT2D eigenvalue weighted by atomic mass is 79.9. The summed E-state index contributed by atoms with van der Waals surface area (Å²) < 4.78 is 0.533. The van der Waals surface area contributed by atoms with Gasteiger partial charge in [-0.25, -0.2) is 4.98 Å². The molecule has 1 heterocycles. The molecule has 4 nitrogen and oxygen atoms in total. The van der Waals surface area contributed by atoms with E-state index >= 15 is 0 Å². The van der Waals surface area contributed by atoms with Crippen molar-refractivity contribution in [3.8, 4) is 0 Å². The van der Waals surface area contributed by atoms with Crippen LogP contribution in [-0.2, 0) is 0 Å². The number of pyridine rings is 1. The fourth-order valence-electron chi connectivity index (χ4n) is 1.01. The lowest BCUT2D eigenvalue weighted by molar-refractivity contribution is 1.24. The first kappa shape index (κ1) is 12.0. The Morgan fingerprint density at radius 1 is 1.67 bits per heavy atom.